The number of nitrogens with one attached hydrogen (secondary N) is 1. The molecule has 1 aliphatic heterocycles. The van der Waals surface area contributed by atoms with Gasteiger partial charge in [0.05, 0.1) is 6.54 Å². The fourth-order valence-electron chi connectivity index (χ4n) is 3.24. The van der Waals surface area contributed by atoms with Crippen LogP contribution in [0.1, 0.15) is 28.8 Å². The smallest absolute Gasteiger partial charge is 0.253 e. The van der Waals surface area contributed by atoms with Gasteiger partial charge >= 0.3 is 0 Å². The number of rotatable bonds is 6. The lowest BCUT2D eigenvalue weighted by Crippen LogP contribution is -2.43. The van der Waals surface area contributed by atoms with E-state index < -0.39 is 0 Å². The monoisotopic (exact) mass is 384 g/mol. The van der Waals surface area contributed by atoms with Crippen molar-refractivity contribution in [3.63, 3.8) is 0 Å². The number of carbonyl (C=O) groups excluding carboxylic acids is 2. The normalized spacial score (nSPS) is 14.6. The van der Waals surface area contributed by atoms with E-state index in [0.29, 0.717) is 44.6 Å². The van der Waals surface area contributed by atoms with Crippen LogP contribution >= 0.6 is 0 Å². The maximum Gasteiger partial charge on any atom is 0.253 e. The molecule has 148 valence electrons. The number of hydrogen-bond donors (Lipinski definition) is 1. The summed E-state index contributed by atoms with van der Waals surface area (Å²) < 4.78 is 18.6. The summed E-state index contributed by atoms with van der Waals surface area (Å²) in [5, 5.41) is 2.91. The van der Waals surface area contributed by atoms with Gasteiger partial charge in [-0.2, -0.15) is 0 Å². The Kier molecular flexibility index (Phi) is 6.63. The van der Waals surface area contributed by atoms with E-state index in [1.54, 1.807) is 4.90 Å². The number of nitrogens with zero attached hydrogens (tertiary/aromatic N) is 1. The molecule has 28 heavy (non-hydrogen) atoms. The summed E-state index contributed by atoms with van der Waals surface area (Å²) in [6, 6.07) is 13.3. The van der Waals surface area contributed by atoms with Gasteiger partial charge in [0, 0.05) is 24.6 Å². The van der Waals surface area contributed by atoms with Gasteiger partial charge in [-0.25, -0.2) is 4.39 Å². The molecule has 6 heteroatoms. The second-order valence-corrected chi connectivity index (χ2v) is 7.03. The number of aryl methyl sites for hydroxylation is 1. The molecule has 0 unspecified atom stereocenters. The second kappa shape index (κ2) is 9.35. The minimum absolute atomic E-state index is 0.00128. The van der Waals surface area contributed by atoms with Gasteiger partial charge in [-0.15, -0.1) is 0 Å². The molecule has 0 spiro atoms. The van der Waals surface area contributed by atoms with Gasteiger partial charge in [-0.3, -0.25) is 9.59 Å². The Morgan fingerprint density at radius 2 is 1.71 bits per heavy atom. The molecule has 2 aromatic rings. The summed E-state index contributed by atoms with van der Waals surface area (Å²) in [4.78, 5) is 26.5. The molecule has 3 rings (SSSR count). The molecule has 0 aromatic heterocycles. The minimum Gasteiger partial charge on any atom is -0.492 e. The maximum atomic E-state index is 13.0. The zero-order valence-corrected chi connectivity index (χ0v) is 16.0. The van der Waals surface area contributed by atoms with Crippen LogP contribution < -0.4 is 10.1 Å². The number of halogens is 1. The summed E-state index contributed by atoms with van der Waals surface area (Å²) in [5.41, 5.74) is 1.64. The topological polar surface area (TPSA) is 58.6 Å². The van der Waals surface area contributed by atoms with Crippen LogP contribution in [0, 0.1) is 18.7 Å². The lowest BCUT2D eigenvalue weighted by molar-refractivity contribution is -0.126. The Bertz CT molecular complexity index is 798. The summed E-state index contributed by atoms with van der Waals surface area (Å²) in [5.74, 6) is 0.203. The van der Waals surface area contributed by atoms with Crippen LogP contribution in [0.3, 0.4) is 0 Å². The maximum absolute atomic E-state index is 13.0. The van der Waals surface area contributed by atoms with Crippen LogP contribution in [0.4, 0.5) is 4.39 Å². The lowest BCUT2D eigenvalue weighted by atomic mass is 9.95. The average molecular weight is 384 g/mol. The average Bonchev–Trinajstić information content (AvgIpc) is 2.72. The van der Waals surface area contributed by atoms with E-state index in [9.17, 15) is 14.0 Å². The molecule has 2 aromatic carbocycles. The SMILES string of the molecule is Cc1ccc(OCCNC(=O)C2CCN(C(=O)c3ccc(F)cc3)CC2)cc1. The molecule has 2 amide bonds. The van der Waals surface area contributed by atoms with E-state index in [4.69, 9.17) is 4.74 Å². The van der Waals surface area contributed by atoms with E-state index >= 15 is 0 Å². The highest BCUT2D eigenvalue weighted by atomic mass is 19.1. The molecule has 1 N–H and O–H groups in total. The molecule has 1 aliphatic rings. The molecule has 1 saturated heterocycles. The zero-order valence-electron chi connectivity index (χ0n) is 16.0. The van der Waals surface area contributed by atoms with Crippen molar-refractivity contribution in [1.82, 2.24) is 10.2 Å². The quantitative estimate of drug-likeness (QED) is 0.779. The molecule has 0 radical (unpaired) electrons. The summed E-state index contributed by atoms with van der Waals surface area (Å²) in [7, 11) is 0. The molecular weight excluding hydrogens is 359 g/mol. The molecule has 1 fully saturated rings. The highest BCUT2D eigenvalue weighted by Crippen LogP contribution is 2.19. The first-order chi connectivity index (χ1) is 13.5. The Balaban J connectivity index is 1.38. The highest BCUT2D eigenvalue weighted by molar-refractivity contribution is 5.94. The molecule has 1 heterocycles. The molecule has 0 saturated carbocycles. The standard InChI is InChI=1S/C22H25FN2O3/c1-16-2-8-20(9-3-16)28-15-12-24-21(26)17-10-13-25(14-11-17)22(27)18-4-6-19(23)7-5-18/h2-9,17H,10-15H2,1H3,(H,24,26). The van der Waals surface area contributed by atoms with Crippen molar-refractivity contribution < 1.29 is 18.7 Å². The Morgan fingerprint density at radius 3 is 2.36 bits per heavy atom. The highest BCUT2D eigenvalue weighted by Gasteiger charge is 2.27. The van der Waals surface area contributed by atoms with E-state index in [2.05, 4.69) is 5.32 Å². The molecule has 0 atom stereocenters. The molecular formula is C22H25FN2O3. The first kappa shape index (κ1) is 19.9. The number of benzene rings is 2. The summed E-state index contributed by atoms with van der Waals surface area (Å²) in [6.45, 7) is 3.92. The largest absolute Gasteiger partial charge is 0.492 e. The molecule has 0 aliphatic carbocycles. The zero-order chi connectivity index (χ0) is 19.9. The Labute approximate surface area is 164 Å². The molecule has 0 bridgehead atoms. The van der Waals surface area contributed by atoms with Gasteiger partial charge < -0.3 is 15.0 Å². The van der Waals surface area contributed by atoms with Crippen molar-refractivity contribution in [2.45, 2.75) is 19.8 Å². The first-order valence-electron chi connectivity index (χ1n) is 9.55. The van der Waals surface area contributed by atoms with Gasteiger partial charge in [0.1, 0.15) is 18.2 Å². The minimum atomic E-state index is -0.363. The van der Waals surface area contributed by atoms with Gasteiger partial charge in [0.2, 0.25) is 5.91 Å². The number of amides is 2. The van der Waals surface area contributed by atoms with Crippen LogP contribution in [0.5, 0.6) is 5.75 Å². The van der Waals surface area contributed by atoms with Crippen molar-refractivity contribution in [2.24, 2.45) is 5.92 Å². The summed E-state index contributed by atoms with van der Waals surface area (Å²) >= 11 is 0. The first-order valence-corrected chi connectivity index (χ1v) is 9.55. The fourth-order valence-corrected chi connectivity index (χ4v) is 3.24. The number of likely N-dealkylation sites (tertiary alicyclic amines) is 1. The predicted molar refractivity (Wildman–Crippen MR) is 105 cm³/mol. The van der Waals surface area contributed by atoms with Crippen molar-refractivity contribution >= 4 is 11.8 Å². The predicted octanol–water partition coefficient (Wildman–Crippen LogP) is 3.18. The van der Waals surface area contributed by atoms with E-state index in [1.165, 1.54) is 29.8 Å². The van der Waals surface area contributed by atoms with Crippen molar-refractivity contribution in [1.29, 1.82) is 0 Å². The third-order valence-electron chi connectivity index (χ3n) is 4.94. The Hall–Kier alpha value is -2.89. The van der Waals surface area contributed by atoms with Gasteiger partial charge in [0.15, 0.2) is 0 Å². The van der Waals surface area contributed by atoms with E-state index in [1.807, 2.05) is 31.2 Å². The number of hydrogen-bond acceptors (Lipinski definition) is 3. The van der Waals surface area contributed by atoms with Crippen LogP contribution in [0.2, 0.25) is 0 Å². The molecule has 5 nitrogen and oxygen atoms in total. The second-order valence-electron chi connectivity index (χ2n) is 7.03. The third kappa shape index (κ3) is 5.31. The van der Waals surface area contributed by atoms with Crippen molar-refractivity contribution in [3.8, 4) is 5.75 Å². The van der Waals surface area contributed by atoms with Crippen LogP contribution in [-0.4, -0.2) is 43.0 Å². The van der Waals surface area contributed by atoms with E-state index in [-0.39, 0.29) is 23.5 Å². The van der Waals surface area contributed by atoms with Gasteiger partial charge in [0.25, 0.3) is 5.91 Å². The van der Waals surface area contributed by atoms with Crippen LogP contribution in [0.15, 0.2) is 48.5 Å². The van der Waals surface area contributed by atoms with Crippen molar-refractivity contribution in [3.05, 3.63) is 65.5 Å². The van der Waals surface area contributed by atoms with Gasteiger partial charge in [-0.05, 0) is 56.2 Å². The van der Waals surface area contributed by atoms with Crippen LogP contribution in [0.25, 0.3) is 0 Å². The van der Waals surface area contributed by atoms with E-state index in [0.717, 1.165) is 5.75 Å². The van der Waals surface area contributed by atoms with Gasteiger partial charge in [-0.1, -0.05) is 17.7 Å². The van der Waals surface area contributed by atoms with Crippen LogP contribution in [-0.2, 0) is 4.79 Å². The Morgan fingerprint density at radius 1 is 1.07 bits per heavy atom. The summed E-state index contributed by atoms with van der Waals surface area (Å²) in [6.07, 6.45) is 1.25. The fraction of sp³-hybridized carbons (Fsp3) is 0.364. The third-order valence-corrected chi connectivity index (χ3v) is 4.94. The van der Waals surface area contributed by atoms with Crippen molar-refractivity contribution in [2.75, 3.05) is 26.2 Å². The number of piperidine rings is 1. The lowest BCUT2D eigenvalue weighted by Gasteiger charge is -2.31. The number of carbonyl (C=O) groups is 2. The number of ether oxygens (including phenoxy) is 1.